The standard InChI is InChI=1S/C23H23N3O3/c1-3-16-9-11-18(12-10-16)25-21-15-17(13-14-24-21)22(27)26-20-8-6-5-7-19(20)23(28)29-4-2/h5-15H,3-4H2,1-2H3,(H,24,25)(H,26,27). The number of hydrogen-bond acceptors (Lipinski definition) is 5. The largest absolute Gasteiger partial charge is 0.462 e. The summed E-state index contributed by atoms with van der Waals surface area (Å²) in [5.74, 6) is -0.259. The van der Waals surface area contributed by atoms with Crippen molar-refractivity contribution in [3.05, 3.63) is 83.6 Å². The van der Waals surface area contributed by atoms with E-state index in [1.165, 1.54) is 5.56 Å². The quantitative estimate of drug-likeness (QED) is 0.567. The number of para-hydroxylation sites is 1. The van der Waals surface area contributed by atoms with Crippen molar-refractivity contribution in [1.29, 1.82) is 0 Å². The van der Waals surface area contributed by atoms with Crippen LogP contribution in [0.25, 0.3) is 0 Å². The van der Waals surface area contributed by atoms with Gasteiger partial charge in [0.1, 0.15) is 5.82 Å². The zero-order chi connectivity index (χ0) is 20.6. The molecule has 2 N–H and O–H groups in total. The van der Waals surface area contributed by atoms with Gasteiger partial charge in [0.15, 0.2) is 0 Å². The number of aryl methyl sites for hydroxylation is 1. The van der Waals surface area contributed by atoms with Gasteiger partial charge in [0.05, 0.1) is 17.9 Å². The van der Waals surface area contributed by atoms with Crippen molar-refractivity contribution in [3.8, 4) is 0 Å². The van der Waals surface area contributed by atoms with Crippen LogP contribution in [0.3, 0.4) is 0 Å². The number of anilines is 3. The number of amides is 1. The Morgan fingerprint density at radius 1 is 1.00 bits per heavy atom. The first-order valence-electron chi connectivity index (χ1n) is 9.50. The molecule has 0 aliphatic heterocycles. The lowest BCUT2D eigenvalue weighted by Gasteiger charge is -2.11. The lowest BCUT2D eigenvalue weighted by atomic mass is 10.1. The molecule has 1 amide bonds. The smallest absolute Gasteiger partial charge is 0.340 e. The van der Waals surface area contributed by atoms with Crippen molar-refractivity contribution in [3.63, 3.8) is 0 Å². The van der Waals surface area contributed by atoms with Crippen LogP contribution in [-0.2, 0) is 11.2 Å². The maximum absolute atomic E-state index is 12.7. The Morgan fingerprint density at radius 2 is 1.76 bits per heavy atom. The SMILES string of the molecule is CCOC(=O)c1ccccc1NC(=O)c1ccnc(Nc2ccc(CC)cc2)c1. The Balaban J connectivity index is 1.75. The second-order valence-corrected chi connectivity index (χ2v) is 6.33. The van der Waals surface area contributed by atoms with E-state index in [0.29, 0.717) is 22.6 Å². The third kappa shape index (κ3) is 5.19. The molecular formula is C23H23N3O3. The number of nitrogens with one attached hydrogen (secondary N) is 2. The summed E-state index contributed by atoms with van der Waals surface area (Å²) in [7, 11) is 0. The van der Waals surface area contributed by atoms with E-state index < -0.39 is 5.97 Å². The summed E-state index contributed by atoms with van der Waals surface area (Å²) in [6.45, 7) is 4.10. The van der Waals surface area contributed by atoms with E-state index >= 15 is 0 Å². The van der Waals surface area contributed by atoms with Crippen LogP contribution < -0.4 is 10.6 Å². The highest BCUT2D eigenvalue weighted by molar-refractivity contribution is 6.08. The summed E-state index contributed by atoms with van der Waals surface area (Å²) in [5, 5.41) is 5.97. The molecule has 0 saturated heterocycles. The molecule has 3 rings (SSSR count). The molecule has 0 spiro atoms. The second kappa shape index (κ2) is 9.50. The monoisotopic (exact) mass is 389 g/mol. The van der Waals surface area contributed by atoms with Crippen molar-refractivity contribution in [2.24, 2.45) is 0 Å². The van der Waals surface area contributed by atoms with E-state index in [-0.39, 0.29) is 12.5 Å². The Hall–Kier alpha value is -3.67. The van der Waals surface area contributed by atoms with Crippen molar-refractivity contribution in [1.82, 2.24) is 4.98 Å². The van der Waals surface area contributed by atoms with Gasteiger partial charge in [-0.2, -0.15) is 0 Å². The first-order chi connectivity index (χ1) is 14.1. The van der Waals surface area contributed by atoms with Crippen LogP contribution in [0.1, 0.15) is 40.1 Å². The molecule has 0 unspecified atom stereocenters. The predicted molar refractivity (Wildman–Crippen MR) is 114 cm³/mol. The van der Waals surface area contributed by atoms with Crippen LogP contribution in [0.15, 0.2) is 66.9 Å². The molecule has 1 aromatic heterocycles. The summed E-state index contributed by atoms with van der Waals surface area (Å²) >= 11 is 0. The minimum absolute atomic E-state index is 0.264. The van der Waals surface area contributed by atoms with E-state index in [2.05, 4.69) is 22.5 Å². The molecule has 0 radical (unpaired) electrons. The molecule has 2 aromatic carbocycles. The fraction of sp³-hybridized carbons (Fsp3) is 0.174. The normalized spacial score (nSPS) is 10.3. The summed E-state index contributed by atoms with van der Waals surface area (Å²) in [6, 6.07) is 18.1. The zero-order valence-electron chi connectivity index (χ0n) is 16.4. The van der Waals surface area contributed by atoms with Gasteiger partial charge in [-0.05, 0) is 55.3 Å². The fourth-order valence-corrected chi connectivity index (χ4v) is 2.79. The number of carbonyl (C=O) groups excluding carboxylic acids is 2. The van der Waals surface area contributed by atoms with Crippen LogP contribution in [0.4, 0.5) is 17.2 Å². The van der Waals surface area contributed by atoms with Gasteiger partial charge >= 0.3 is 5.97 Å². The number of rotatable bonds is 7. The molecule has 0 fully saturated rings. The molecule has 29 heavy (non-hydrogen) atoms. The van der Waals surface area contributed by atoms with Gasteiger partial charge in [0, 0.05) is 17.4 Å². The van der Waals surface area contributed by atoms with Gasteiger partial charge in [0.25, 0.3) is 5.91 Å². The minimum atomic E-state index is -0.476. The minimum Gasteiger partial charge on any atom is -0.462 e. The molecule has 6 nitrogen and oxygen atoms in total. The second-order valence-electron chi connectivity index (χ2n) is 6.33. The van der Waals surface area contributed by atoms with Gasteiger partial charge in [-0.3, -0.25) is 4.79 Å². The third-order valence-electron chi connectivity index (χ3n) is 4.33. The maximum atomic E-state index is 12.7. The van der Waals surface area contributed by atoms with Gasteiger partial charge < -0.3 is 15.4 Å². The molecule has 0 saturated carbocycles. The summed E-state index contributed by atoms with van der Waals surface area (Å²) in [6.07, 6.45) is 2.54. The van der Waals surface area contributed by atoms with Crippen LogP contribution in [0, 0.1) is 0 Å². The highest BCUT2D eigenvalue weighted by atomic mass is 16.5. The van der Waals surface area contributed by atoms with Crippen molar-refractivity contribution >= 4 is 29.1 Å². The number of carbonyl (C=O) groups is 2. The highest BCUT2D eigenvalue weighted by Crippen LogP contribution is 2.20. The van der Waals surface area contributed by atoms with Gasteiger partial charge in [-0.1, -0.05) is 31.2 Å². The summed E-state index contributed by atoms with van der Waals surface area (Å²) < 4.78 is 5.05. The van der Waals surface area contributed by atoms with E-state index in [9.17, 15) is 9.59 Å². The van der Waals surface area contributed by atoms with Gasteiger partial charge in [-0.25, -0.2) is 9.78 Å². The molecule has 3 aromatic rings. The molecule has 0 aliphatic rings. The highest BCUT2D eigenvalue weighted by Gasteiger charge is 2.15. The maximum Gasteiger partial charge on any atom is 0.340 e. The van der Waals surface area contributed by atoms with Crippen LogP contribution >= 0.6 is 0 Å². The third-order valence-corrected chi connectivity index (χ3v) is 4.33. The van der Waals surface area contributed by atoms with Crippen LogP contribution in [0.5, 0.6) is 0 Å². The molecule has 0 aliphatic carbocycles. The van der Waals surface area contributed by atoms with Crippen LogP contribution in [-0.4, -0.2) is 23.5 Å². The lowest BCUT2D eigenvalue weighted by molar-refractivity contribution is 0.0527. The molecule has 0 bridgehead atoms. The Morgan fingerprint density at radius 3 is 2.48 bits per heavy atom. The van der Waals surface area contributed by atoms with Crippen LogP contribution in [0.2, 0.25) is 0 Å². The lowest BCUT2D eigenvalue weighted by Crippen LogP contribution is -2.16. The first kappa shape index (κ1) is 20.1. The average molecular weight is 389 g/mol. The molecule has 6 heteroatoms. The van der Waals surface area contributed by atoms with Crippen molar-refractivity contribution in [2.75, 3.05) is 17.2 Å². The van der Waals surface area contributed by atoms with Crippen molar-refractivity contribution in [2.45, 2.75) is 20.3 Å². The molecule has 0 atom stereocenters. The zero-order valence-corrected chi connectivity index (χ0v) is 16.4. The number of ether oxygens (including phenoxy) is 1. The van der Waals surface area contributed by atoms with E-state index in [0.717, 1.165) is 12.1 Å². The number of hydrogen-bond donors (Lipinski definition) is 2. The average Bonchev–Trinajstić information content (AvgIpc) is 2.75. The topological polar surface area (TPSA) is 80.3 Å². The summed E-state index contributed by atoms with van der Waals surface area (Å²) in [4.78, 5) is 29.1. The number of nitrogens with zero attached hydrogens (tertiary/aromatic N) is 1. The Labute approximate surface area is 169 Å². The molecule has 148 valence electrons. The number of aromatic nitrogens is 1. The predicted octanol–water partition coefficient (Wildman–Crippen LogP) is 4.82. The van der Waals surface area contributed by atoms with Gasteiger partial charge in [0.2, 0.25) is 0 Å². The van der Waals surface area contributed by atoms with E-state index in [4.69, 9.17) is 4.74 Å². The number of esters is 1. The Bertz CT molecular complexity index is 1000. The van der Waals surface area contributed by atoms with Gasteiger partial charge in [-0.15, -0.1) is 0 Å². The molecular weight excluding hydrogens is 366 g/mol. The number of pyridine rings is 1. The van der Waals surface area contributed by atoms with E-state index in [1.54, 1.807) is 49.5 Å². The van der Waals surface area contributed by atoms with E-state index in [1.807, 2.05) is 24.3 Å². The summed E-state index contributed by atoms with van der Waals surface area (Å²) in [5.41, 5.74) is 3.27. The first-order valence-corrected chi connectivity index (χ1v) is 9.50. The fourth-order valence-electron chi connectivity index (χ4n) is 2.79. The Kier molecular flexibility index (Phi) is 6.58. The van der Waals surface area contributed by atoms with Crippen molar-refractivity contribution < 1.29 is 14.3 Å². The molecule has 1 heterocycles. The number of benzene rings is 2.